The second-order valence-electron chi connectivity index (χ2n) is 3.43. The fourth-order valence-electron chi connectivity index (χ4n) is 1.34. The Hall–Kier alpha value is -0.540. The van der Waals surface area contributed by atoms with Gasteiger partial charge in [0, 0.05) is 16.7 Å². The van der Waals surface area contributed by atoms with Crippen molar-refractivity contribution in [2.45, 2.75) is 31.2 Å². The summed E-state index contributed by atoms with van der Waals surface area (Å²) in [6, 6.07) is 7.23. The molecule has 1 N–H and O–H groups in total. The van der Waals surface area contributed by atoms with Crippen molar-refractivity contribution in [3.05, 3.63) is 30.1 Å². The van der Waals surface area contributed by atoms with Crippen molar-refractivity contribution in [3.8, 4) is 0 Å². The van der Waals surface area contributed by atoms with E-state index in [1.807, 2.05) is 12.1 Å². The first kappa shape index (κ1) is 12.5. The van der Waals surface area contributed by atoms with Crippen LogP contribution >= 0.6 is 11.8 Å². The van der Waals surface area contributed by atoms with Gasteiger partial charge in [0.05, 0.1) is 0 Å². The van der Waals surface area contributed by atoms with Crippen LogP contribution in [-0.2, 0) is 0 Å². The van der Waals surface area contributed by atoms with E-state index >= 15 is 0 Å². The molecule has 0 radical (unpaired) electrons. The zero-order chi connectivity index (χ0) is 11.1. The van der Waals surface area contributed by atoms with E-state index < -0.39 is 0 Å². The molecule has 0 aliphatic heterocycles. The highest BCUT2D eigenvalue weighted by molar-refractivity contribution is 7.99. The van der Waals surface area contributed by atoms with Crippen molar-refractivity contribution in [2.75, 3.05) is 12.3 Å². The van der Waals surface area contributed by atoms with Crippen molar-refractivity contribution < 1.29 is 4.39 Å². The van der Waals surface area contributed by atoms with Crippen LogP contribution in [0.15, 0.2) is 29.2 Å². The molecule has 0 aliphatic rings. The van der Waals surface area contributed by atoms with Gasteiger partial charge in [-0.3, -0.25) is 0 Å². The zero-order valence-electron chi connectivity index (χ0n) is 9.29. The lowest BCUT2D eigenvalue weighted by Crippen LogP contribution is -2.30. The number of nitrogens with one attached hydrogen (secondary N) is 1. The molecule has 0 aliphatic carbocycles. The molecule has 3 heteroatoms. The first-order valence-electron chi connectivity index (χ1n) is 5.38. The summed E-state index contributed by atoms with van der Waals surface area (Å²) in [5.74, 6) is 0.869. The number of thioether (sulfide) groups is 1. The van der Waals surface area contributed by atoms with E-state index in [-0.39, 0.29) is 5.82 Å². The van der Waals surface area contributed by atoms with Crippen LogP contribution < -0.4 is 5.32 Å². The molecule has 0 fully saturated rings. The van der Waals surface area contributed by atoms with E-state index in [9.17, 15) is 4.39 Å². The fourth-order valence-corrected chi connectivity index (χ4v) is 2.41. The third-order valence-electron chi connectivity index (χ3n) is 2.25. The highest BCUT2D eigenvalue weighted by Gasteiger charge is 2.04. The van der Waals surface area contributed by atoms with Crippen molar-refractivity contribution in [2.24, 2.45) is 0 Å². The number of hydrogen-bond donors (Lipinski definition) is 1. The third kappa shape index (κ3) is 4.67. The second-order valence-corrected chi connectivity index (χ2v) is 4.52. The smallest absolute Gasteiger partial charge is 0.123 e. The van der Waals surface area contributed by atoms with E-state index in [4.69, 9.17) is 0 Å². The molecule has 1 rings (SSSR count). The first-order valence-corrected chi connectivity index (χ1v) is 6.36. The molecule has 0 spiro atoms. The lowest BCUT2D eigenvalue weighted by Gasteiger charge is -2.14. The molecule has 0 heterocycles. The lowest BCUT2D eigenvalue weighted by molar-refractivity contribution is 0.560. The van der Waals surface area contributed by atoms with Gasteiger partial charge in [-0.25, -0.2) is 4.39 Å². The van der Waals surface area contributed by atoms with Crippen molar-refractivity contribution in [1.82, 2.24) is 5.32 Å². The minimum Gasteiger partial charge on any atom is -0.313 e. The Morgan fingerprint density at radius 2 is 1.93 bits per heavy atom. The SMILES string of the molecule is CCNC(CC)CSc1ccc(F)cc1. The van der Waals surface area contributed by atoms with Gasteiger partial charge in [0.1, 0.15) is 5.82 Å². The maximum Gasteiger partial charge on any atom is 0.123 e. The maximum atomic E-state index is 12.7. The van der Waals surface area contributed by atoms with Crippen LogP contribution in [-0.4, -0.2) is 18.3 Å². The Labute approximate surface area is 95.5 Å². The molecule has 0 aromatic heterocycles. The van der Waals surface area contributed by atoms with Crippen LogP contribution in [0.4, 0.5) is 4.39 Å². The number of halogens is 1. The Morgan fingerprint density at radius 1 is 1.27 bits per heavy atom. The molecule has 0 bridgehead atoms. The average Bonchev–Trinajstić information content (AvgIpc) is 2.26. The normalized spacial score (nSPS) is 12.7. The summed E-state index contributed by atoms with van der Waals surface area (Å²) in [7, 11) is 0. The Kier molecular flexibility index (Phi) is 5.73. The van der Waals surface area contributed by atoms with Gasteiger partial charge >= 0.3 is 0 Å². The lowest BCUT2D eigenvalue weighted by atomic mass is 10.2. The third-order valence-corrected chi connectivity index (χ3v) is 3.42. The molecule has 1 atom stereocenters. The van der Waals surface area contributed by atoms with Crippen molar-refractivity contribution in [1.29, 1.82) is 0 Å². The summed E-state index contributed by atoms with van der Waals surface area (Å²) in [6.45, 7) is 5.30. The van der Waals surface area contributed by atoms with E-state index in [0.717, 1.165) is 23.6 Å². The minimum absolute atomic E-state index is 0.168. The maximum absolute atomic E-state index is 12.7. The molecule has 1 aromatic carbocycles. The van der Waals surface area contributed by atoms with Crippen LogP contribution in [0.3, 0.4) is 0 Å². The Bertz CT molecular complexity index is 273. The van der Waals surface area contributed by atoms with E-state index in [2.05, 4.69) is 19.2 Å². The molecule has 0 saturated carbocycles. The van der Waals surface area contributed by atoms with Gasteiger partial charge in [-0.15, -0.1) is 11.8 Å². The molecule has 0 amide bonds. The van der Waals surface area contributed by atoms with Crippen molar-refractivity contribution >= 4 is 11.8 Å². The fraction of sp³-hybridized carbons (Fsp3) is 0.500. The Balaban J connectivity index is 2.38. The second kappa shape index (κ2) is 6.85. The minimum atomic E-state index is -0.168. The van der Waals surface area contributed by atoms with Crippen LogP contribution in [0.2, 0.25) is 0 Å². The molecule has 0 saturated heterocycles. The van der Waals surface area contributed by atoms with Gasteiger partial charge in [-0.05, 0) is 37.2 Å². The summed E-state index contributed by atoms with van der Waals surface area (Å²) < 4.78 is 12.7. The molecule has 1 unspecified atom stereocenters. The van der Waals surface area contributed by atoms with Gasteiger partial charge in [-0.1, -0.05) is 13.8 Å². The molecular weight excluding hydrogens is 209 g/mol. The van der Waals surface area contributed by atoms with Crippen LogP contribution in [0.1, 0.15) is 20.3 Å². The summed E-state index contributed by atoms with van der Waals surface area (Å²) in [6.07, 6.45) is 1.13. The monoisotopic (exact) mass is 227 g/mol. The standard InChI is InChI=1S/C12H18FNS/c1-3-11(14-4-2)9-15-12-7-5-10(13)6-8-12/h5-8,11,14H,3-4,9H2,1-2H3. The highest BCUT2D eigenvalue weighted by Crippen LogP contribution is 2.19. The predicted molar refractivity (Wildman–Crippen MR) is 64.9 cm³/mol. The topological polar surface area (TPSA) is 12.0 Å². The highest BCUT2D eigenvalue weighted by atomic mass is 32.2. The molecular formula is C12H18FNS. The summed E-state index contributed by atoms with van der Waals surface area (Å²) in [4.78, 5) is 1.13. The molecule has 15 heavy (non-hydrogen) atoms. The van der Waals surface area contributed by atoms with Gasteiger partial charge in [0.2, 0.25) is 0 Å². The number of rotatable bonds is 6. The van der Waals surface area contributed by atoms with Crippen LogP contribution in [0.25, 0.3) is 0 Å². The predicted octanol–water partition coefficient (Wildman–Crippen LogP) is 3.31. The summed E-state index contributed by atoms with van der Waals surface area (Å²) in [5.41, 5.74) is 0. The summed E-state index contributed by atoms with van der Waals surface area (Å²) in [5, 5.41) is 3.42. The van der Waals surface area contributed by atoms with E-state index in [0.29, 0.717) is 6.04 Å². The number of hydrogen-bond acceptors (Lipinski definition) is 2. The van der Waals surface area contributed by atoms with Crippen molar-refractivity contribution in [3.63, 3.8) is 0 Å². The van der Waals surface area contributed by atoms with E-state index in [1.54, 1.807) is 11.8 Å². The zero-order valence-corrected chi connectivity index (χ0v) is 10.1. The summed E-state index contributed by atoms with van der Waals surface area (Å²) >= 11 is 1.77. The van der Waals surface area contributed by atoms with Crippen LogP contribution in [0, 0.1) is 5.82 Å². The van der Waals surface area contributed by atoms with Gasteiger partial charge in [-0.2, -0.15) is 0 Å². The van der Waals surface area contributed by atoms with E-state index in [1.165, 1.54) is 12.1 Å². The largest absolute Gasteiger partial charge is 0.313 e. The van der Waals surface area contributed by atoms with Gasteiger partial charge in [0.25, 0.3) is 0 Å². The molecule has 84 valence electrons. The first-order chi connectivity index (χ1) is 7.26. The van der Waals surface area contributed by atoms with Crippen LogP contribution in [0.5, 0.6) is 0 Å². The molecule has 1 aromatic rings. The number of benzene rings is 1. The van der Waals surface area contributed by atoms with Gasteiger partial charge < -0.3 is 5.32 Å². The van der Waals surface area contributed by atoms with Gasteiger partial charge in [0.15, 0.2) is 0 Å². The Morgan fingerprint density at radius 3 is 2.47 bits per heavy atom. The average molecular weight is 227 g/mol. The molecule has 1 nitrogen and oxygen atoms in total. The quantitative estimate of drug-likeness (QED) is 0.748.